The van der Waals surface area contributed by atoms with Crippen LogP contribution in [0.4, 0.5) is 17.1 Å². The molecule has 0 saturated heterocycles. The van der Waals surface area contributed by atoms with E-state index in [9.17, 15) is 21.6 Å². The molecule has 0 aliphatic carbocycles. The van der Waals surface area contributed by atoms with Gasteiger partial charge in [0.05, 0.1) is 21.7 Å². The number of carbonyl (C=O) groups excluding carboxylic acids is 1. The van der Waals surface area contributed by atoms with E-state index in [4.69, 9.17) is 11.6 Å². The second-order valence-corrected chi connectivity index (χ2v) is 11.4. The van der Waals surface area contributed by atoms with Gasteiger partial charge in [-0.05, 0) is 66.7 Å². The van der Waals surface area contributed by atoms with Crippen molar-refractivity contribution in [1.82, 2.24) is 0 Å². The molecule has 32 heavy (non-hydrogen) atoms. The largest absolute Gasteiger partial charge is 0.322 e. The van der Waals surface area contributed by atoms with E-state index in [1.807, 2.05) is 0 Å². The molecule has 168 valence electrons. The van der Waals surface area contributed by atoms with Crippen LogP contribution in [0.3, 0.4) is 0 Å². The molecule has 0 bridgehead atoms. The molecule has 8 nitrogen and oxygen atoms in total. The zero-order valence-corrected chi connectivity index (χ0v) is 20.4. The van der Waals surface area contributed by atoms with E-state index in [2.05, 4.69) is 30.7 Å². The third kappa shape index (κ3) is 6.45. The summed E-state index contributed by atoms with van der Waals surface area (Å²) in [6.07, 6.45) is 0.989. The zero-order valence-electron chi connectivity index (χ0n) is 16.5. The lowest BCUT2D eigenvalue weighted by molar-refractivity contribution is 0.102. The number of hydrogen-bond donors (Lipinski definition) is 3. The Morgan fingerprint density at radius 2 is 1.38 bits per heavy atom. The summed E-state index contributed by atoms with van der Waals surface area (Å²) in [4.78, 5) is 12.6. The average molecular weight is 559 g/mol. The molecule has 0 saturated carbocycles. The van der Waals surface area contributed by atoms with Crippen LogP contribution in [0.15, 0.2) is 76.1 Å². The van der Waals surface area contributed by atoms with Gasteiger partial charge in [-0.1, -0.05) is 27.5 Å². The third-order valence-electron chi connectivity index (χ3n) is 4.03. The molecule has 0 atom stereocenters. The molecule has 0 fully saturated rings. The van der Waals surface area contributed by atoms with Gasteiger partial charge < -0.3 is 5.32 Å². The summed E-state index contributed by atoms with van der Waals surface area (Å²) >= 11 is 9.36. The molecule has 3 aromatic carbocycles. The van der Waals surface area contributed by atoms with Crippen LogP contribution in [0.2, 0.25) is 5.02 Å². The van der Waals surface area contributed by atoms with Crippen LogP contribution in [0, 0.1) is 0 Å². The Morgan fingerprint density at radius 3 is 1.97 bits per heavy atom. The van der Waals surface area contributed by atoms with Crippen molar-refractivity contribution < 1.29 is 21.6 Å². The summed E-state index contributed by atoms with van der Waals surface area (Å²) in [6.45, 7) is 0. The van der Waals surface area contributed by atoms with Gasteiger partial charge >= 0.3 is 0 Å². The molecule has 1 amide bonds. The highest BCUT2D eigenvalue weighted by Gasteiger charge is 2.16. The van der Waals surface area contributed by atoms with E-state index in [1.54, 1.807) is 24.3 Å². The molecule has 3 rings (SSSR count). The van der Waals surface area contributed by atoms with Crippen LogP contribution >= 0.6 is 27.5 Å². The summed E-state index contributed by atoms with van der Waals surface area (Å²) in [6, 6.07) is 16.3. The summed E-state index contributed by atoms with van der Waals surface area (Å²) in [7, 11) is -7.34. The van der Waals surface area contributed by atoms with Crippen molar-refractivity contribution in [2.75, 3.05) is 21.0 Å². The predicted octanol–water partition coefficient (Wildman–Crippen LogP) is 4.53. The lowest BCUT2D eigenvalue weighted by Crippen LogP contribution is -2.15. The number of carbonyl (C=O) groups is 1. The van der Waals surface area contributed by atoms with E-state index in [-0.39, 0.29) is 21.2 Å². The van der Waals surface area contributed by atoms with Crippen LogP contribution in [0.5, 0.6) is 0 Å². The maximum absolute atomic E-state index is 12.6. The van der Waals surface area contributed by atoms with Crippen LogP contribution < -0.4 is 14.8 Å². The van der Waals surface area contributed by atoms with Crippen molar-refractivity contribution >= 4 is 70.5 Å². The Hall–Kier alpha value is -2.60. The van der Waals surface area contributed by atoms with Crippen molar-refractivity contribution in [3.63, 3.8) is 0 Å². The van der Waals surface area contributed by atoms with Crippen molar-refractivity contribution in [2.45, 2.75) is 4.90 Å². The topological polar surface area (TPSA) is 121 Å². The monoisotopic (exact) mass is 557 g/mol. The third-order valence-corrected chi connectivity index (χ3v) is 6.90. The lowest BCUT2D eigenvalue weighted by Gasteiger charge is -2.11. The number of amides is 1. The number of rotatable bonds is 7. The van der Waals surface area contributed by atoms with E-state index in [0.29, 0.717) is 11.4 Å². The van der Waals surface area contributed by atoms with Crippen LogP contribution in [-0.4, -0.2) is 29.0 Å². The number of halogens is 2. The predicted molar refractivity (Wildman–Crippen MR) is 129 cm³/mol. The molecule has 0 aliphatic heterocycles. The van der Waals surface area contributed by atoms with Gasteiger partial charge in [-0.3, -0.25) is 14.2 Å². The zero-order chi connectivity index (χ0) is 23.5. The Bertz CT molecular complexity index is 1360. The van der Waals surface area contributed by atoms with Crippen molar-refractivity contribution in [2.24, 2.45) is 0 Å². The van der Waals surface area contributed by atoms with Gasteiger partial charge in [-0.15, -0.1) is 0 Å². The molecule has 0 unspecified atom stereocenters. The molecule has 3 N–H and O–H groups in total. The molecule has 0 radical (unpaired) electrons. The normalized spacial score (nSPS) is 11.6. The van der Waals surface area contributed by atoms with Gasteiger partial charge in [0.25, 0.3) is 15.9 Å². The van der Waals surface area contributed by atoms with Gasteiger partial charge in [0.1, 0.15) is 0 Å². The first-order chi connectivity index (χ1) is 14.9. The summed E-state index contributed by atoms with van der Waals surface area (Å²) in [5.74, 6) is -0.587. The standard InChI is InChI=1S/C20H17BrClN3O5S2/c1-31(27,28)24-16-8-11-19(22)18(12-16)20(26)23-14-6-9-17(10-7-14)32(29,30)25-15-4-2-13(21)3-5-15/h2-12,24-25H,1H3,(H,23,26). The fraction of sp³-hybridized carbons (Fsp3) is 0.0500. The van der Waals surface area contributed by atoms with Gasteiger partial charge in [-0.2, -0.15) is 0 Å². The lowest BCUT2D eigenvalue weighted by atomic mass is 10.2. The van der Waals surface area contributed by atoms with E-state index in [1.165, 1.54) is 42.5 Å². The van der Waals surface area contributed by atoms with Crippen molar-refractivity contribution in [3.8, 4) is 0 Å². The highest BCUT2D eigenvalue weighted by Crippen LogP contribution is 2.24. The molecule has 0 aliphatic rings. The van der Waals surface area contributed by atoms with E-state index in [0.717, 1.165) is 10.7 Å². The number of anilines is 3. The van der Waals surface area contributed by atoms with Gasteiger partial charge in [0.2, 0.25) is 10.0 Å². The van der Waals surface area contributed by atoms with E-state index >= 15 is 0 Å². The first-order valence-corrected chi connectivity index (χ1v) is 13.4. The Labute approximate surface area is 199 Å². The Balaban J connectivity index is 1.75. The average Bonchev–Trinajstić information content (AvgIpc) is 2.70. The number of benzene rings is 3. The van der Waals surface area contributed by atoms with Crippen LogP contribution in [-0.2, 0) is 20.0 Å². The first kappa shape index (κ1) is 24.1. The molecular weight excluding hydrogens is 542 g/mol. The second-order valence-electron chi connectivity index (χ2n) is 6.66. The molecule has 0 aromatic heterocycles. The Morgan fingerprint density at radius 1 is 0.812 bits per heavy atom. The quantitative estimate of drug-likeness (QED) is 0.393. The molecular formula is C20H17BrClN3O5S2. The van der Waals surface area contributed by atoms with Gasteiger partial charge in [-0.25, -0.2) is 16.8 Å². The molecule has 0 heterocycles. The highest BCUT2D eigenvalue weighted by atomic mass is 79.9. The van der Waals surface area contributed by atoms with Crippen molar-refractivity contribution in [3.05, 3.63) is 81.8 Å². The molecule has 3 aromatic rings. The SMILES string of the molecule is CS(=O)(=O)Nc1ccc(Cl)c(C(=O)Nc2ccc(S(=O)(=O)Nc3ccc(Br)cc3)cc2)c1. The maximum atomic E-state index is 12.6. The minimum absolute atomic E-state index is 0.01000. The van der Waals surface area contributed by atoms with Crippen molar-refractivity contribution in [1.29, 1.82) is 0 Å². The summed E-state index contributed by atoms with van der Waals surface area (Å²) < 4.78 is 53.5. The molecule has 12 heteroatoms. The van der Waals surface area contributed by atoms with Crippen LogP contribution in [0.1, 0.15) is 10.4 Å². The minimum Gasteiger partial charge on any atom is -0.322 e. The van der Waals surface area contributed by atoms with Gasteiger partial charge in [0.15, 0.2) is 0 Å². The Kier molecular flexibility index (Phi) is 7.13. The summed E-state index contributed by atoms with van der Waals surface area (Å²) in [5, 5.41) is 2.73. The molecule has 0 spiro atoms. The fourth-order valence-electron chi connectivity index (χ4n) is 2.62. The second kappa shape index (κ2) is 9.49. The highest BCUT2D eigenvalue weighted by molar-refractivity contribution is 9.10. The smallest absolute Gasteiger partial charge is 0.261 e. The number of hydrogen-bond acceptors (Lipinski definition) is 5. The fourth-order valence-corrected chi connectivity index (χ4v) is 4.71. The van der Waals surface area contributed by atoms with Gasteiger partial charge in [0, 0.05) is 21.5 Å². The summed E-state index contributed by atoms with van der Waals surface area (Å²) in [5.41, 5.74) is 0.967. The van der Waals surface area contributed by atoms with E-state index < -0.39 is 26.0 Å². The van der Waals surface area contributed by atoms with Crippen LogP contribution in [0.25, 0.3) is 0 Å². The number of sulfonamides is 2. The first-order valence-electron chi connectivity index (χ1n) is 8.90. The maximum Gasteiger partial charge on any atom is 0.261 e. The minimum atomic E-state index is -3.82. The number of nitrogens with one attached hydrogen (secondary N) is 3.